The number of rotatable bonds is 4. The molecular weight excluding hydrogens is 312 g/mol. The first-order valence-electron chi connectivity index (χ1n) is 6.87. The highest BCUT2D eigenvalue weighted by Crippen LogP contribution is 2.22. The number of hydrogen-bond acceptors (Lipinski definition) is 4. The molecule has 0 aliphatic carbocycles. The Morgan fingerprint density at radius 1 is 1.00 bits per heavy atom. The Morgan fingerprint density at radius 2 is 1.70 bits per heavy atom. The van der Waals surface area contributed by atoms with Crippen molar-refractivity contribution in [1.82, 2.24) is 9.97 Å². The van der Waals surface area contributed by atoms with E-state index in [0.717, 1.165) is 16.9 Å². The van der Waals surface area contributed by atoms with Crippen molar-refractivity contribution in [3.05, 3.63) is 71.5 Å². The molecule has 0 spiro atoms. The Hall–Kier alpha value is -2.92. The third-order valence-corrected chi connectivity index (χ3v) is 3.50. The molecule has 6 heteroatoms. The Bertz CT molecular complexity index is 832. The highest BCUT2D eigenvalue weighted by molar-refractivity contribution is 6.30. The van der Waals surface area contributed by atoms with Crippen LogP contribution in [0.15, 0.2) is 60.9 Å². The molecule has 1 aromatic heterocycles. The standard InChI is InChI=1S/C17H13ClN4O/c18-13-5-1-11(2-6-13)15-9-16(21-10-20-15)22-14-7-3-12(4-8-14)17(19)23/h1-10H,(H2,19,23)(H,20,21,22). The van der Waals surface area contributed by atoms with Gasteiger partial charge in [0.2, 0.25) is 5.91 Å². The van der Waals surface area contributed by atoms with E-state index in [1.807, 2.05) is 30.3 Å². The van der Waals surface area contributed by atoms with E-state index >= 15 is 0 Å². The average molecular weight is 325 g/mol. The number of carbonyl (C=O) groups excluding carboxylic acids is 1. The maximum Gasteiger partial charge on any atom is 0.248 e. The van der Waals surface area contributed by atoms with Gasteiger partial charge in [-0.25, -0.2) is 9.97 Å². The summed E-state index contributed by atoms with van der Waals surface area (Å²) in [6.07, 6.45) is 1.49. The second-order valence-electron chi connectivity index (χ2n) is 4.86. The van der Waals surface area contributed by atoms with Crippen LogP contribution < -0.4 is 11.1 Å². The largest absolute Gasteiger partial charge is 0.366 e. The van der Waals surface area contributed by atoms with Gasteiger partial charge in [0.1, 0.15) is 12.1 Å². The summed E-state index contributed by atoms with van der Waals surface area (Å²) < 4.78 is 0. The van der Waals surface area contributed by atoms with Crippen molar-refractivity contribution in [2.24, 2.45) is 5.73 Å². The number of aromatic nitrogens is 2. The second kappa shape index (κ2) is 6.46. The molecule has 0 saturated heterocycles. The van der Waals surface area contributed by atoms with E-state index in [4.69, 9.17) is 17.3 Å². The fourth-order valence-electron chi connectivity index (χ4n) is 2.07. The SMILES string of the molecule is NC(=O)c1ccc(Nc2cc(-c3ccc(Cl)cc3)ncn2)cc1. The van der Waals surface area contributed by atoms with E-state index in [1.165, 1.54) is 6.33 Å². The second-order valence-corrected chi connectivity index (χ2v) is 5.30. The summed E-state index contributed by atoms with van der Waals surface area (Å²) in [5, 5.41) is 3.84. The van der Waals surface area contributed by atoms with Gasteiger partial charge in [0.05, 0.1) is 5.69 Å². The molecular formula is C17H13ClN4O. The summed E-state index contributed by atoms with van der Waals surface area (Å²) in [6.45, 7) is 0. The van der Waals surface area contributed by atoms with E-state index in [2.05, 4.69) is 15.3 Å². The van der Waals surface area contributed by atoms with Crippen LogP contribution in [0.4, 0.5) is 11.5 Å². The van der Waals surface area contributed by atoms with Crippen molar-refractivity contribution < 1.29 is 4.79 Å². The van der Waals surface area contributed by atoms with Crippen LogP contribution in [-0.2, 0) is 0 Å². The molecule has 3 aromatic rings. The minimum atomic E-state index is -0.455. The molecule has 3 N–H and O–H groups in total. The lowest BCUT2D eigenvalue weighted by atomic mass is 10.1. The molecule has 0 bridgehead atoms. The number of hydrogen-bond donors (Lipinski definition) is 2. The van der Waals surface area contributed by atoms with Crippen molar-refractivity contribution in [2.75, 3.05) is 5.32 Å². The predicted octanol–water partition coefficient (Wildman–Crippen LogP) is 3.64. The lowest BCUT2D eigenvalue weighted by molar-refractivity contribution is 0.100. The quantitative estimate of drug-likeness (QED) is 0.767. The minimum Gasteiger partial charge on any atom is -0.366 e. The van der Waals surface area contributed by atoms with Gasteiger partial charge in [-0.3, -0.25) is 4.79 Å². The summed E-state index contributed by atoms with van der Waals surface area (Å²) in [7, 11) is 0. The van der Waals surface area contributed by atoms with E-state index in [0.29, 0.717) is 16.4 Å². The van der Waals surface area contributed by atoms with Gasteiger partial charge in [-0.2, -0.15) is 0 Å². The van der Waals surface area contributed by atoms with Crippen LogP contribution in [0.2, 0.25) is 5.02 Å². The zero-order chi connectivity index (χ0) is 16.2. The summed E-state index contributed by atoms with van der Waals surface area (Å²) in [5.74, 6) is 0.195. The first kappa shape index (κ1) is 15.0. The van der Waals surface area contributed by atoms with Crippen LogP contribution in [0.1, 0.15) is 10.4 Å². The Labute approximate surface area is 138 Å². The molecule has 5 nitrogen and oxygen atoms in total. The van der Waals surface area contributed by atoms with Crippen molar-refractivity contribution in [3.8, 4) is 11.3 Å². The third kappa shape index (κ3) is 3.64. The zero-order valence-electron chi connectivity index (χ0n) is 12.0. The topological polar surface area (TPSA) is 80.9 Å². The first-order valence-corrected chi connectivity index (χ1v) is 7.24. The number of benzene rings is 2. The molecule has 0 atom stereocenters. The Kier molecular flexibility index (Phi) is 4.21. The van der Waals surface area contributed by atoms with E-state index < -0.39 is 5.91 Å². The van der Waals surface area contributed by atoms with Gasteiger partial charge in [0.15, 0.2) is 0 Å². The number of primary amides is 1. The number of nitrogens with two attached hydrogens (primary N) is 1. The van der Waals surface area contributed by atoms with Gasteiger partial charge in [-0.05, 0) is 36.4 Å². The number of nitrogens with zero attached hydrogens (tertiary/aromatic N) is 2. The molecule has 1 amide bonds. The smallest absolute Gasteiger partial charge is 0.248 e. The van der Waals surface area contributed by atoms with Crippen LogP contribution in [0.25, 0.3) is 11.3 Å². The number of anilines is 2. The molecule has 0 fully saturated rings. The molecule has 0 saturated carbocycles. The van der Waals surface area contributed by atoms with E-state index in [9.17, 15) is 4.79 Å². The maximum atomic E-state index is 11.1. The van der Waals surface area contributed by atoms with Gasteiger partial charge in [-0.15, -0.1) is 0 Å². The molecule has 2 aromatic carbocycles. The minimum absolute atomic E-state index is 0.455. The number of carbonyl (C=O) groups is 1. The fourth-order valence-corrected chi connectivity index (χ4v) is 2.20. The van der Waals surface area contributed by atoms with E-state index in [-0.39, 0.29) is 0 Å². The Balaban J connectivity index is 1.82. The molecule has 0 aliphatic heterocycles. The van der Waals surface area contributed by atoms with Crippen LogP contribution in [0.3, 0.4) is 0 Å². The zero-order valence-corrected chi connectivity index (χ0v) is 12.8. The number of nitrogens with one attached hydrogen (secondary N) is 1. The summed E-state index contributed by atoms with van der Waals surface area (Å²) >= 11 is 5.89. The summed E-state index contributed by atoms with van der Waals surface area (Å²) in [4.78, 5) is 19.5. The number of halogens is 1. The number of amides is 1. The van der Waals surface area contributed by atoms with Crippen LogP contribution in [0.5, 0.6) is 0 Å². The summed E-state index contributed by atoms with van der Waals surface area (Å²) in [6, 6.07) is 16.1. The fraction of sp³-hybridized carbons (Fsp3) is 0. The van der Waals surface area contributed by atoms with Gasteiger partial charge < -0.3 is 11.1 Å². The van der Waals surface area contributed by atoms with Gasteiger partial charge in [-0.1, -0.05) is 23.7 Å². The highest BCUT2D eigenvalue weighted by Gasteiger charge is 2.04. The molecule has 114 valence electrons. The summed E-state index contributed by atoms with van der Waals surface area (Å²) in [5.41, 5.74) is 8.22. The molecule has 1 heterocycles. The maximum absolute atomic E-state index is 11.1. The average Bonchev–Trinajstić information content (AvgIpc) is 2.56. The van der Waals surface area contributed by atoms with Crippen molar-refractivity contribution in [3.63, 3.8) is 0 Å². The van der Waals surface area contributed by atoms with Crippen molar-refractivity contribution >= 4 is 29.0 Å². The monoisotopic (exact) mass is 324 g/mol. The predicted molar refractivity (Wildman–Crippen MR) is 90.7 cm³/mol. The van der Waals surface area contributed by atoms with Crippen LogP contribution in [0, 0.1) is 0 Å². The molecule has 3 rings (SSSR count). The van der Waals surface area contributed by atoms with Gasteiger partial charge in [0, 0.05) is 27.9 Å². The highest BCUT2D eigenvalue weighted by atomic mass is 35.5. The molecule has 23 heavy (non-hydrogen) atoms. The third-order valence-electron chi connectivity index (χ3n) is 3.25. The first-order chi connectivity index (χ1) is 11.1. The lowest BCUT2D eigenvalue weighted by Gasteiger charge is -2.07. The van der Waals surface area contributed by atoms with E-state index in [1.54, 1.807) is 24.3 Å². The van der Waals surface area contributed by atoms with Gasteiger partial charge >= 0.3 is 0 Å². The Morgan fingerprint density at radius 3 is 2.35 bits per heavy atom. The van der Waals surface area contributed by atoms with Crippen LogP contribution in [-0.4, -0.2) is 15.9 Å². The molecule has 0 unspecified atom stereocenters. The van der Waals surface area contributed by atoms with Crippen LogP contribution >= 0.6 is 11.6 Å². The van der Waals surface area contributed by atoms with Crippen molar-refractivity contribution in [1.29, 1.82) is 0 Å². The normalized spacial score (nSPS) is 10.3. The van der Waals surface area contributed by atoms with Crippen molar-refractivity contribution in [2.45, 2.75) is 0 Å². The lowest BCUT2D eigenvalue weighted by Crippen LogP contribution is -2.10. The molecule has 0 radical (unpaired) electrons. The molecule has 0 aliphatic rings. The van der Waals surface area contributed by atoms with Gasteiger partial charge in [0.25, 0.3) is 0 Å².